The van der Waals surface area contributed by atoms with Gasteiger partial charge in [-0.2, -0.15) is 0 Å². The molecule has 1 aliphatic carbocycles. The number of methoxy groups -OCH3 is 2. The highest BCUT2D eigenvalue weighted by atomic mass is 35.5. The number of hydrogen-bond donors (Lipinski definition) is 0. The lowest BCUT2D eigenvalue weighted by Gasteiger charge is -2.08. The second-order valence-corrected chi connectivity index (χ2v) is 4.63. The molecule has 0 N–H and O–H groups in total. The number of hydrogen-bond acceptors (Lipinski definition) is 5. The van der Waals surface area contributed by atoms with Crippen LogP contribution in [-0.4, -0.2) is 32.1 Å². The van der Waals surface area contributed by atoms with Gasteiger partial charge in [-0.15, -0.1) is 24.8 Å². The monoisotopic (exact) mass is 354 g/mol. The molecule has 1 aromatic carbocycles. The third-order valence-electron chi connectivity index (χ3n) is 3.36. The lowest BCUT2D eigenvalue weighted by molar-refractivity contribution is -0.108. The molecule has 0 radical (unpaired) electrons. The van der Waals surface area contributed by atoms with Gasteiger partial charge in [-0.3, -0.25) is 0 Å². The SMILES string of the molecule is COc1cc(OC)cc(C2=NC3=CC=CC(C=O)C3=N2)c1.Cl.Cl. The molecule has 3 rings (SSSR count). The zero-order chi connectivity index (χ0) is 14.8. The molecule has 0 aromatic heterocycles. The Balaban J connectivity index is 0.00000132. The molecule has 1 aliphatic heterocycles. The largest absolute Gasteiger partial charge is 0.497 e. The Morgan fingerprint density at radius 2 is 1.70 bits per heavy atom. The van der Waals surface area contributed by atoms with Gasteiger partial charge < -0.3 is 14.3 Å². The van der Waals surface area contributed by atoms with Crippen molar-refractivity contribution in [2.24, 2.45) is 15.9 Å². The Labute approximate surface area is 146 Å². The summed E-state index contributed by atoms with van der Waals surface area (Å²) in [6, 6.07) is 5.47. The van der Waals surface area contributed by atoms with Gasteiger partial charge in [0, 0.05) is 11.6 Å². The number of rotatable bonds is 4. The standard InChI is InChI=1S/C16H14N2O3.2ClH/c1-20-12-6-11(7-13(8-12)21-2)16-17-14-5-3-4-10(9-19)15(14)18-16;;/h3-10H,1-2H3;2*1H. The first-order chi connectivity index (χ1) is 10.2. The molecule has 1 unspecified atom stereocenters. The van der Waals surface area contributed by atoms with Crippen molar-refractivity contribution >= 4 is 42.6 Å². The van der Waals surface area contributed by atoms with Crippen LogP contribution < -0.4 is 9.47 Å². The Bertz CT molecular complexity index is 702. The zero-order valence-electron chi connectivity index (χ0n) is 12.6. The fraction of sp³-hybridized carbons (Fsp3) is 0.188. The van der Waals surface area contributed by atoms with Gasteiger partial charge in [0.05, 0.1) is 31.5 Å². The van der Waals surface area contributed by atoms with Gasteiger partial charge in [-0.25, -0.2) is 9.98 Å². The number of benzene rings is 1. The quantitative estimate of drug-likeness (QED) is 0.780. The van der Waals surface area contributed by atoms with Crippen LogP contribution in [0.15, 0.2) is 52.1 Å². The molecule has 1 atom stereocenters. The summed E-state index contributed by atoms with van der Waals surface area (Å²) in [6.07, 6.45) is 6.35. The molecule has 5 nitrogen and oxygen atoms in total. The molecule has 0 fully saturated rings. The minimum Gasteiger partial charge on any atom is -0.497 e. The van der Waals surface area contributed by atoms with Crippen LogP contribution in [0.1, 0.15) is 5.56 Å². The summed E-state index contributed by atoms with van der Waals surface area (Å²) in [5.41, 5.74) is 2.20. The number of ether oxygens (including phenoxy) is 2. The summed E-state index contributed by atoms with van der Waals surface area (Å²) in [6.45, 7) is 0. The summed E-state index contributed by atoms with van der Waals surface area (Å²) in [7, 11) is 3.19. The highest BCUT2D eigenvalue weighted by Crippen LogP contribution is 2.28. The minimum absolute atomic E-state index is 0. The molecule has 0 bridgehead atoms. The highest BCUT2D eigenvalue weighted by molar-refractivity contribution is 6.22. The average Bonchev–Trinajstić information content (AvgIpc) is 2.98. The maximum Gasteiger partial charge on any atom is 0.160 e. The fourth-order valence-corrected chi connectivity index (χ4v) is 2.27. The van der Waals surface area contributed by atoms with E-state index in [0.29, 0.717) is 23.0 Å². The fourth-order valence-electron chi connectivity index (χ4n) is 2.27. The van der Waals surface area contributed by atoms with Crippen molar-refractivity contribution in [3.05, 3.63) is 47.7 Å². The first-order valence-electron chi connectivity index (χ1n) is 6.50. The summed E-state index contributed by atoms with van der Waals surface area (Å²) in [5.74, 6) is 1.56. The van der Waals surface area contributed by atoms with Crippen molar-refractivity contribution in [1.29, 1.82) is 0 Å². The number of aliphatic imine (C=N–C) groups is 2. The predicted octanol–water partition coefficient (Wildman–Crippen LogP) is 3.02. The Kier molecular flexibility index (Phi) is 6.54. The van der Waals surface area contributed by atoms with Crippen molar-refractivity contribution in [3.63, 3.8) is 0 Å². The van der Waals surface area contributed by atoms with Crippen LogP contribution in [-0.2, 0) is 4.79 Å². The van der Waals surface area contributed by atoms with Gasteiger partial charge in [-0.05, 0) is 18.2 Å². The molecule has 0 spiro atoms. The molecule has 7 heteroatoms. The second-order valence-electron chi connectivity index (χ2n) is 4.63. The van der Waals surface area contributed by atoms with E-state index in [9.17, 15) is 4.79 Å². The molecule has 1 aromatic rings. The number of aldehydes is 1. The molecule has 122 valence electrons. The van der Waals surface area contributed by atoms with Crippen LogP contribution in [0, 0.1) is 5.92 Å². The van der Waals surface area contributed by atoms with E-state index in [0.717, 1.165) is 17.5 Å². The highest BCUT2D eigenvalue weighted by Gasteiger charge is 2.25. The normalized spacial score (nSPS) is 17.7. The van der Waals surface area contributed by atoms with Gasteiger partial charge >= 0.3 is 0 Å². The lowest BCUT2D eigenvalue weighted by atomic mass is 9.98. The number of carbonyl (C=O) groups is 1. The van der Waals surface area contributed by atoms with Gasteiger partial charge in [0.25, 0.3) is 0 Å². The molecular formula is C16H16Cl2N2O3. The Morgan fingerprint density at radius 1 is 1.04 bits per heavy atom. The van der Waals surface area contributed by atoms with Crippen LogP contribution in [0.5, 0.6) is 11.5 Å². The first-order valence-corrected chi connectivity index (χ1v) is 6.50. The number of fused-ring (bicyclic) bond motifs is 1. The van der Waals surface area contributed by atoms with E-state index in [1.807, 2.05) is 24.3 Å². The number of amidine groups is 1. The molecule has 0 amide bonds. The van der Waals surface area contributed by atoms with Gasteiger partial charge in [0.2, 0.25) is 0 Å². The Hall–Kier alpha value is -2.11. The second kappa shape index (κ2) is 7.94. The topological polar surface area (TPSA) is 60.2 Å². The maximum absolute atomic E-state index is 11.1. The number of nitrogens with zero attached hydrogens (tertiary/aromatic N) is 2. The van der Waals surface area contributed by atoms with Gasteiger partial charge in [-0.1, -0.05) is 12.2 Å². The lowest BCUT2D eigenvalue weighted by Crippen LogP contribution is -2.15. The Morgan fingerprint density at radius 3 is 2.26 bits per heavy atom. The number of carbonyl (C=O) groups excluding carboxylic acids is 1. The summed E-state index contributed by atoms with van der Waals surface area (Å²) < 4.78 is 10.5. The van der Waals surface area contributed by atoms with Crippen molar-refractivity contribution in [2.45, 2.75) is 0 Å². The first kappa shape index (κ1) is 18.9. The predicted molar refractivity (Wildman–Crippen MR) is 94.8 cm³/mol. The maximum atomic E-state index is 11.1. The van der Waals surface area contributed by atoms with E-state index in [1.54, 1.807) is 26.4 Å². The van der Waals surface area contributed by atoms with E-state index in [-0.39, 0.29) is 30.7 Å². The van der Waals surface area contributed by atoms with E-state index in [1.165, 1.54) is 0 Å². The molecule has 23 heavy (non-hydrogen) atoms. The summed E-state index contributed by atoms with van der Waals surface area (Å²) in [4.78, 5) is 20.1. The van der Waals surface area contributed by atoms with Crippen molar-refractivity contribution < 1.29 is 14.3 Å². The molecular weight excluding hydrogens is 339 g/mol. The van der Waals surface area contributed by atoms with Crippen LogP contribution in [0.2, 0.25) is 0 Å². The van der Waals surface area contributed by atoms with Gasteiger partial charge in [0.1, 0.15) is 17.8 Å². The molecule has 0 saturated heterocycles. The van der Waals surface area contributed by atoms with Gasteiger partial charge in [0.15, 0.2) is 5.84 Å². The molecule has 0 saturated carbocycles. The third-order valence-corrected chi connectivity index (χ3v) is 3.36. The van der Waals surface area contributed by atoms with Crippen molar-refractivity contribution in [1.82, 2.24) is 0 Å². The van der Waals surface area contributed by atoms with E-state index in [4.69, 9.17) is 9.47 Å². The third kappa shape index (κ3) is 3.63. The molecule has 2 aliphatic rings. The number of allylic oxidation sites excluding steroid dienone is 4. The van der Waals surface area contributed by atoms with E-state index < -0.39 is 0 Å². The summed E-state index contributed by atoms with van der Waals surface area (Å²) in [5, 5.41) is 0. The van der Waals surface area contributed by atoms with E-state index >= 15 is 0 Å². The van der Waals surface area contributed by atoms with Crippen LogP contribution >= 0.6 is 24.8 Å². The average molecular weight is 355 g/mol. The number of halogens is 2. The van der Waals surface area contributed by atoms with Crippen LogP contribution in [0.3, 0.4) is 0 Å². The zero-order valence-corrected chi connectivity index (χ0v) is 14.2. The van der Waals surface area contributed by atoms with Crippen LogP contribution in [0.4, 0.5) is 0 Å². The molecule has 1 heterocycles. The smallest absolute Gasteiger partial charge is 0.160 e. The van der Waals surface area contributed by atoms with Crippen LogP contribution in [0.25, 0.3) is 0 Å². The summed E-state index contributed by atoms with van der Waals surface area (Å²) >= 11 is 0. The minimum atomic E-state index is -0.334. The van der Waals surface area contributed by atoms with Crippen molar-refractivity contribution in [2.75, 3.05) is 14.2 Å². The van der Waals surface area contributed by atoms with E-state index in [2.05, 4.69) is 9.98 Å². The van der Waals surface area contributed by atoms with Crippen molar-refractivity contribution in [3.8, 4) is 11.5 Å².